The van der Waals surface area contributed by atoms with Crippen molar-refractivity contribution in [2.75, 3.05) is 6.54 Å². The topological polar surface area (TPSA) is 141 Å². The van der Waals surface area contributed by atoms with Crippen LogP contribution in [0, 0.1) is 0 Å². The van der Waals surface area contributed by atoms with E-state index < -0.39 is 35.9 Å². The zero-order chi connectivity index (χ0) is 17.2. The molecule has 0 saturated heterocycles. The van der Waals surface area contributed by atoms with Crippen molar-refractivity contribution in [1.29, 1.82) is 0 Å². The standard InChI is InChI=1S/C13H22N4O5/c1-13(2,3)22-12(21)9(8-11(19)20)16-10(18)6-4-5-7-15-17-14/h9H,4-8H2,1-3H3,(H,16,18)(H,19,20). The summed E-state index contributed by atoms with van der Waals surface area (Å²) >= 11 is 0. The van der Waals surface area contributed by atoms with Crippen LogP contribution in [0.2, 0.25) is 0 Å². The molecule has 0 fully saturated rings. The van der Waals surface area contributed by atoms with E-state index in [1.807, 2.05) is 0 Å². The SMILES string of the molecule is CC(C)(C)OC(=O)C(CC(=O)O)NC(=O)CCCCN=[N+]=[N-]. The first-order valence-corrected chi connectivity index (χ1v) is 6.90. The summed E-state index contributed by atoms with van der Waals surface area (Å²) in [4.78, 5) is 37.0. The number of rotatable bonds is 9. The lowest BCUT2D eigenvalue weighted by Crippen LogP contribution is -2.45. The van der Waals surface area contributed by atoms with Gasteiger partial charge in [0.05, 0.1) is 6.42 Å². The molecule has 1 atom stereocenters. The number of aliphatic carboxylic acids is 1. The number of unbranched alkanes of at least 4 members (excludes halogenated alkanes) is 1. The third kappa shape index (κ3) is 10.5. The van der Waals surface area contributed by atoms with Crippen molar-refractivity contribution >= 4 is 17.8 Å². The maximum absolute atomic E-state index is 11.9. The zero-order valence-electron chi connectivity index (χ0n) is 13.0. The van der Waals surface area contributed by atoms with Gasteiger partial charge >= 0.3 is 11.9 Å². The highest BCUT2D eigenvalue weighted by molar-refractivity contribution is 5.87. The quantitative estimate of drug-likeness (QED) is 0.219. The second kappa shape index (κ2) is 9.62. The number of carbonyl (C=O) groups excluding carboxylic acids is 2. The van der Waals surface area contributed by atoms with Crippen molar-refractivity contribution in [1.82, 2.24) is 5.32 Å². The van der Waals surface area contributed by atoms with Gasteiger partial charge in [0, 0.05) is 17.9 Å². The Labute approximate surface area is 128 Å². The lowest BCUT2D eigenvalue weighted by Gasteiger charge is -2.23. The number of esters is 1. The summed E-state index contributed by atoms with van der Waals surface area (Å²) in [5.41, 5.74) is 7.33. The van der Waals surface area contributed by atoms with E-state index in [2.05, 4.69) is 15.3 Å². The maximum atomic E-state index is 11.9. The van der Waals surface area contributed by atoms with Gasteiger partial charge in [0.1, 0.15) is 11.6 Å². The first-order chi connectivity index (χ1) is 10.2. The fourth-order valence-electron chi connectivity index (χ4n) is 1.52. The van der Waals surface area contributed by atoms with Crippen LogP contribution in [0.3, 0.4) is 0 Å². The number of hydrogen-bond donors (Lipinski definition) is 2. The Morgan fingerprint density at radius 1 is 1.32 bits per heavy atom. The molecule has 0 aromatic rings. The lowest BCUT2D eigenvalue weighted by molar-refractivity contribution is -0.161. The van der Waals surface area contributed by atoms with Gasteiger partial charge in [0.15, 0.2) is 0 Å². The van der Waals surface area contributed by atoms with E-state index in [1.54, 1.807) is 20.8 Å². The highest BCUT2D eigenvalue weighted by atomic mass is 16.6. The van der Waals surface area contributed by atoms with Crippen molar-refractivity contribution in [3.05, 3.63) is 10.4 Å². The Hall–Kier alpha value is -2.28. The van der Waals surface area contributed by atoms with Crippen LogP contribution in [0.5, 0.6) is 0 Å². The van der Waals surface area contributed by atoms with Crippen molar-refractivity contribution in [3.8, 4) is 0 Å². The Bertz CT molecular complexity index is 452. The van der Waals surface area contributed by atoms with Crippen LogP contribution in [0.1, 0.15) is 46.5 Å². The van der Waals surface area contributed by atoms with Gasteiger partial charge in [-0.15, -0.1) is 0 Å². The Kier molecular flexibility index (Phi) is 8.62. The van der Waals surface area contributed by atoms with E-state index in [4.69, 9.17) is 15.4 Å². The molecule has 1 unspecified atom stereocenters. The van der Waals surface area contributed by atoms with Crippen LogP contribution in [-0.4, -0.2) is 41.1 Å². The van der Waals surface area contributed by atoms with E-state index in [0.717, 1.165) is 0 Å². The minimum Gasteiger partial charge on any atom is -0.481 e. The molecule has 2 N–H and O–H groups in total. The summed E-state index contributed by atoms with van der Waals surface area (Å²) in [5.74, 6) is -2.44. The van der Waals surface area contributed by atoms with Crippen LogP contribution in [-0.2, 0) is 19.1 Å². The monoisotopic (exact) mass is 314 g/mol. The molecule has 0 rings (SSSR count). The number of amides is 1. The Balaban J connectivity index is 4.45. The fourth-order valence-corrected chi connectivity index (χ4v) is 1.52. The predicted molar refractivity (Wildman–Crippen MR) is 77.9 cm³/mol. The third-order valence-electron chi connectivity index (χ3n) is 2.38. The number of carbonyl (C=O) groups is 3. The van der Waals surface area contributed by atoms with Crippen LogP contribution < -0.4 is 5.32 Å². The molecule has 0 bridgehead atoms. The van der Waals surface area contributed by atoms with Crippen LogP contribution >= 0.6 is 0 Å². The van der Waals surface area contributed by atoms with E-state index in [1.165, 1.54) is 0 Å². The zero-order valence-corrected chi connectivity index (χ0v) is 13.0. The largest absolute Gasteiger partial charge is 0.481 e. The van der Waals surface area contributed by atoms with E-state index >= 15 is 0 Å². The summed E-state index contributed by atoms with van der Waals surface area (Å²) in [6.07, 6.45) is 0.575. The molecule has 9 heteroatoms. The Morgan fingerprint density at radius 2 is 1.95 bits per heavy atom. The van der Waals surface area contributed by atoms with E-state index in [9.17, 15) is 14.4 Å². The second-order valence-electron chi connectivity index (χ2n) is 5.66. The number of nitrogens with one attached hydrogen (secondary N) is 1. The number of nitrogens with zero attached hydrogens (tertiary/aromatic N) is 3. The van der Waals surface area contributed by atoms with E-state index in [-0.39, 0.29) is 13.0 Å². The number of azide groups is 1. The minimum absolute atomic E-state index is 0.111. The molecular formula is C13H22N4O5. The predicted octanol–water partition coefficient (Wildman–Crippen LogP) is 1.77. The Morgan fingerprint density at radius 3 is 2.45 bits per heavy atom. The van der Waals surface area contributed by atoms with Gasteiger partial charge in [0.2, 0.25) is 5.91 Å². The van der Waals surface area contributed by atoms with Gasteiger partial charge in [-0.2, -0.15) is 0 Å². The molecule has 124 valence electrons. The van der Waals surface area contributed by atoms with Gasteiger partial charge in [-0.3, -0.25) is 9.59 Å². The summed E-state index contributed by atoms with van der Waals surface area (Å²) in [7, 11) is 0. The first kappa shape index (κ1) is 19.7. The normalized spacial score (nSPS) is 12.0. The molecule has 0 aliphatic heterocycles. The molecule has 22 heavy (non-hydrogen) atoms. The smallest absolute Gasteiger partial charge is 0.329 e. The summed E-state index contributed by atoms with van der Waals surface area (Å²) in [5, 5.41) is 14.5. The van der Waals surface area contributed by atoms with Crippen molar-refractivity contribution < 1.29 is 24.2 Å². The van der Waals surface area contributed by atoms with E-state index in [0.29, 0.717) is 12.8 Å². The van der Waals surface area contributed by atoms with Gasteiger partial charge in [-0.05, 0) is 39.1 Å². The molecule has 0 heterocycles. The maximum Gasteiger partial charge on any atom is 0.329 e. The summed E-state index contributed by atoms with van der Waals surface area (Å²) in [6.45, 7) is 5.25. The average Bonchev–Trinajstić information content (AvgIpc) is 2.35. The fraction of sp³-hybridized carbons (Fsp3) is 0.769. The molecule has 0 aliphatic rings. The second-order valence-corrected chi connectivity index (χ2v) is 5.66. The molecule has 0 radical (unpaired) electrons. The number of carboxylic acids is 1. The number of hydrogen-bond acceptors (Lipinski definition) is 5. The summed E-state index contributed by atoms with van der Waals surface area (Å²) in [6, 6.07) is -1.22. The van der Waals surface area contributed by atoms with Gasteiger partial charge in [-0.1, -0.05) is 5.11 Å². The highest BCUT2D eigenvalue weighted by Gasteiger charge is 2.28. The lowest BCUT2D eigenvalue weighted by atomic mass is 10.1. The number of carboxylic acid groups (broad SMARTS) is 1. The van der Waals surface area contributed by atoms with Crippen LogP contribution in [0.15, 0.2) is 5.11 Å². The molecule has 9 nitrogen and oxygen atoms in total. The molecule has 0 aliphatic carbocycles. The van der Waals surface area contributed by atoms with Gasteiger partial charge in [0.25, 0.3) is 0 Å². The molecule has 0 spiro atoms. The van der Waals surface area contributed by atoms with Crippen LogP contribution in [0.25, 0.3) is 10.4 Å². The number of ether oxygens (including phenoxy) is 1. The van der Waals surface area contributed by atoms with Gasteiger partial charge in [-0.25, -0.2) is 4.79 Å². The van der Waals surface area contributed by atoms with Crippen molar-refractivity contribution in [2.45, 2.75) is 58.1 Å². The highest BCUT2D eigenvalue weighted by Crippen LogP contribution is 2.10. The molecule has 1 amide bonds. The first-order valence-electron chi connectivity index (χ1n) is 6.90. The van der Waals surface area contributed by atoms with Crippen LogP contribution in [0.4, 0.5) is 0 Å². The summed E-state index contributed by atoms with van der Waals surface area (Å²) < 4.78 is 5.09. The average molecular weight is 314 g/mol. The molecule has 0 aromatic heterocycles. The molecule has 0 saturated carbocycles. The van der Waals surface area contributed by atoms with Crippen molar-refractivity contribution in [3.63, 3.8) is 0 Å². The molecule has 0 aromatic carbocycles. The minimum atomic E-state index is -1.22. The van der Waals surface area contributed by atoms with Gasteiger partial charge < -0.3 is 15.2 Å². The third-order valence-corrected chi connectivity index (χ3v) is 2.38. The van der Waals surface area contributed by atoms with Crippen molar-refractivity contribution in [2.24, 2.45) is 5.11 Å². The molecular weight excluding hydrogens is 292 g/mol.